The molecule has 0 aliphatic heterocycles. The van der Waals surface area contributed by atoms with Crippen molar-refractivity contribution >= 4 is 21.9 Å². The first kappa shape index (κ1) is 13.1. The largest absolute Gasteiger partial charge is 0.504 e. The van der Waals surface area contributed by atoms with E-state index in [1.54, 1.807) is 6.07 Å². The van der Waals surface area contributed by atoms with Crippen molar-refractivity contribution in [1.29, 1.82) is 0 Å². The molecule has 3 aromatic rings. The van der Waals surface area contributed by atoms with Crippen LogP contribution in [-0.4, -0.2) is 16.8 Å². The number of fused-ring (bicyclic) bond motifs is 2. The van der Waals surface area contributed by atoms with Crippen molar-refractivity contribution in [3.8, 4) is 5.75 Å². The Kier molecular flexibility index (Phi) is 2.63. The van der Waals surface area contributed by atoms with Crippen LogP contribution >= 0.6 is 0 Å². The molecule has 0 bridgehead atoms. The first-order valence-electron chi connectivity index (χ1n) is 6.61. The van der Waals surface area contributed by atoms with Gasteiger partial charge in [-0.05, 0) is 26.0 Å². The lowest BCUT2D eigenvalue weighted by molar-refractivity contribution is 0.219. The standard InChI is InChI=1S/C16H18O4/c1-8-5-10-12(16(3,4)7-17)14-11(6-9(2)19-14)13(18)15(10)20-8/h5-6,17-18H,7H2,1-4H3. The minimum Gasteiger partial charge on any atom is -0.504 e. The molecule has 0 saturated carbocycles. The molecule has 0 atom stereocenters. The zero-order chi connectivity index (χ0) is 14.7. The van der Waals surface area contributed by atoms with Crippen LogP contribution in [0.1, 0.15) is 30.9 Å². The Hall–Kier alpha value is -1.94. The van der Waals surface area contributed by atoms with Gasteiger partial charge in [0.1, 0.15) is 17.1 Å². The highest BCUT2D eigenvalue weighted by Crippen LogP contribution is 2.44. The first-order valence-corrected chi connectivity index (χ1v) is 6.61. The minimum absolute atomic E-state index is 0.0219. The fraction of sp³-hybridized carbons (Fsp3) is 0.375. The third kappa shape index (κ3) is 1.64. The molecule has 3 rings (SSSR count). The van der Waals surface area contributed by atoms with Gasteiger partial charge in [-0.2, -0.15) is 0 Å². The summed E-state index contributed by atoms with van der Waals surface area (Å²) in [5, 5.41) is 21.5. The minimum atomic E-state index is -0.495. The van der Waals surface area contributed by atoms with Crippen LogP contribution in [0.5, 0.6) is 5.75 Å². The monoisotopic (exact) mass is 274 g/mol. The Balaban J connectivity index is 2.58. The van der Waals surface area contributed by atoms with E-state index >= 15 is 0 Å². The van der Waals surface area contributed by atoms with Crippen LogP contribution in [0.25, 0.3) is 21.9 Å². The number of rotatable bonds is 2. The van der Waals surface area contributed by atoms with Crippen molar-refractivity contribution in [2.45, 2.75) is 33.1 Å². The van der Waals surface area contributed by atoms with E-state index in [-0.39, 0.29) is 12.4 Å². The fourth-order valence-electron chi connectivity index (χ4n) is 2.75. The van der Waals surface area contributed by atoms with Crippen molar-refractivity contribution in [2.75, 3.05) is 6.61 Å². The molecule has 2 heterocycles. The van der Waals surface area contributed by atoms with Gasteiger partial charge in [0.2, 0.25) is 0 Å². The van der Waals surface area contributed by atoms with E-state index in [0.717, 1.165) is 22.5 Å². The molecule has 0 unspecified atom stereocenters. The molecule has 0 fully saturated rings. The zero-order valence-corrected chi connectivity index (χ0v) is 12.1. The molecule has 4 nitrogen and oxygen atoms in total. The van der Waals surface area contributed by atoms with Crippen LogP contribution in [0.15, 0.2) is 21.0 Å². The quantitative estimate of drug-likeness (QED) is 0.746. The molecular formula is C16H18O4. The number of hydrogen-bond acceptors (Lipinski definition) is 4. The predicted octanol–water partition coefficient (Wildman–Crippen LogP) is 3.77. The highest BCUT2D eigenvalue weighted by molar-refractivity contribution is 6.05. The highest BCUT2D eigenvalue weighted by Gasteiger charge is 2.30. The molecule has 106 valence electrons. The van der Waals surface area contributed by atoms with Crippen LogP contribution in [0, 0.1) is 13.8 Å². The molecule has 0 radical (unpaired) electrons. The number of aromatic hydroxyl groups is 1. The Bertz CT molecular complexity index is 747. The number of aryl methyl sites for hydroxylation is 2. The van der Waals surface area contributed by atoms with Crippen LogP contribution in [0.3, 0.4) is 0 Å². The maximum Gasteiger partial charge on any atom is 0.177 e. The van der Waals surface area contributed by atoms with Gasteiger partial charge in [0.05, 0.1) is 12.0 Å². The van der Waals surface area contributed by atoms with Gasteiger partial charge in [0, 0.05) is 16.4 Å². The second-order valence-corrected chi connectivity index (χ2v) is 5.97. The molecule has 0 aliphatic carbocycles. The van der Waals surface area contributed by atoms with E-state index in [9.17, 15) is 10.2 Å². The zero-order valence-electron chi connectivity index (χ0n) is 12.1. The summed E-state index contributed by atoms with van der Waals surface area (Å²) in [5.74, 6) is 1.53. The van der Waals surface area contributed by atoms with Crippen LogP contribution < -0.4 is 0 Å². The lowest BCUT2D eigenvalue weighted by Crippen LogP contribution is -2.22. The van der Waals surface area contributed by atoms with Crippen molar-refractivity contribution < 1.29 is 19.0 Å². The summed E-state index contributed by atoms with van der Waals surface area (Å²) < 4.78 is 11.4. The predicted molar refractivity (Wildman–Crippen MR) is 77.2 cm³/mol. The molecule has 2 aromatic heterocycles. The van der Waals surface area contributed by atoms with Gasteiger partial charge >= 0.3 is 0 Å². The topological polar surface area (TPSA) is 66.7 Å². The smallest absolute Gasteiger partial charge is 0.177 e. The summed E-state index contributed by atoms with van der Waals surface area (Å²) in [6.45, 7) is 7.54. The lowest BCUT2D eigenvalue weighted by atomic mass is 9.82. The molecule has 4 heteroatoms. The Morgan fingerprint density at radius 1 is 1.00 bits per heavy atom. The van der Waals surface area contributed by atoms with Gasteiger partial charge in [-0.15, -0.1) is 0 Å². The number of furan rings is 2. The second-order valence-electron chi connectivity index (χ2n) is 5.97. The number of benzene rings is 1. The summed E-state index contributed by atoms with van der Waals surface area (Å²) in [6, 6.07) is 3.66. The molecular weight excluding hydrogens is 256 g/mol. The third-order valence-electron chi connectivity index (χ3n) is 3.75. The SMILES string of the molecule is Cc1cc2c(C(C)(C)CO)c3oc(C)cc3c(O)c2o1. The van der Waals surface area contributed by atoms with E-state index in [2.05, 4.69) is 0 Å². The second kappa shape index (κ2) is 4.03. The van der Waals surface area contributed by atoms with Crippen LogP contribution in [0.2, 0.25) is 0 Å². The summed E-state index contributed by atoms with van der Waals surface area (Å²) in [5.41, 5.74) is 1.44. The fourth-order valence-corrected chi connectivity index (χ4v) is 2.75. The molecule has 0 saturated heterocycles. The summed E-state index contributed by atoms with van der Waals surface area (Å²) in [4.78, 5) is 0. The van der Waals surface area contributed by atoms with E-state index < -0.39 is 5.41 Å². The maximum atomic E-state index is 10.4. The van der Waals surface area contributed by atoms with Gasteiger partial charge < -0.3 is 19.0 Å². The Labute approximate surface area is 116 Å². The Morgan fingerprint density at radius 2 is 1.55 bits per heavy atom. The summed E-state index contributed by atoms with van der Waals surface area (Å²) >= 11 is 0. The average molecular weight is 274 g/mol. The Morgan fingerprint density at radius 3 is 2.15 bits per heavy atom. The number of phenolic OH excluding ortho intramolecular Hbond substituents is 1. The molecule has 0 spiro atoms. The van der Waals surface area contributed by atoms with Crippen molar-refractivity contribution in [1.82, 2.24) is 0 Å². The van der Waals surface area contributed by atoms with Gasteiger partial charge in [0.25, 0.3) is 0 Å². The van der Waals surface area contributed by atoms with Gasteiger partial charge in [-0.3, -0.25) is 0 Å². The van der Waals surface area contributed by atoms with E-state index in [0.29, 0.717) is 16.6 Å². The highest BCUT2D eigenvalue weighted by atomic mass is 16.4. The summed E-state index contributed by atoms with van der Waals surface area (Å²) in [6.07, 6.45) is 0. The average Bonchev–Trinajstić information content (AvgIpc) is 2.92. The number of hydrogen-bond donors (Lipinski definition) is 2. The summed E-state index contributed by atoms with van der Waals surface area (Å²) in [7, 11) is 0. The van der Waals surface area contributed by atoms with Crippen molar-refractivity contribution in [3.63, 3.8) is 0 Å². The molecule has 1 aromatic carbocycles. The maximum absolute atomic E-state index is 10.4. The lowest BCUT2D eigenvalue weighted by Gasteiger charge is -2.23. The van der Waals surface area contributed by atoms with Crippen LogP contribution in [-0.2, 0) is 5.41 Å². The van der Waals surface area contributed by atoms with Crippen molar-refractivity contribution in [3.05, 3.63) is 29.2 Å². The van der Waals surface area contributed by atoms with Gasteiger partial charge in [-0.25, -0.2) is 0 Å². The van der Waals surface area contributed by atoms with Gasteiger partial charge in [-0.1, -0.05) is 13.8 Å². The van der Waals surface area contributed by atoms with Gasteiger partial charge in [0.15, 0.2) is 11.3 Å². The molecule has 20 heavy (non-hydrogen) atoms. The van der Waals surface area contributed by atoms with Crippen molar-refractivity contribution in [2.24, 2.45) is 0 Å². The molecule has 0 aliphatic rings. The molecule has 2 N–H and O–H groups in total. The van der Waals surface area contributed by atoms with E-state index in [4.69, 9.17) is 8.83 Å². The number of aliphatic hydroxyl groups excluding tert-OH is 1. The van der Waals surface area contributed by atoms with E-state index in [1.807, 2.05) is 33.8 Å². The first-order chi connectivity index (χ1) is 9.35. The normalized spacial score (nSPS) is 12.7. The van der Waals surface area contributed by atoms with E-state index in [1.165, 1.54) is 0 Å². The number of aliphatic hydroxyl groups is 1. The third-order valence-corrected chi connectivity index (χ3v) is 3.75. The van der Waals surface area contributed by atoms with Crippen LogP contribution in [0.4, 0.5) is 0 Å². The number of phenols is 1. The molecule has 0 amide bonds.